The van der Waals surface area contributed by atoms with Crippen LogP contribution in [0.5, 0.6) is 0 Å². The summed E-state index contributed by atoms with van der Waals surface area (Å²) in [5.74, 6) is 0. The van der Waals surface area contributed by atoms with Crippen LogP contribution < -0.4 is 5.73 Å². The summed E-state index contributed by atoms with van der Waals surface area (Å²) in [5.41, 5.74) is 5.47. The van der Waals surface area contributed by atoms with E-state index in [1.54, 1.807) is 4.31 Å². The third-order valence-corrected chi connectivity index (χ3v) is 4.02. The topological polar surface area (TPSA) is 63.4 Å². The fraction of sp³-hybridized carbons (Fsp3) is 1.00. The van der Waals surface area contributed by atoms with E-state index >= 15 is 0 Å². The highest BCUT2D eigenvalue weighted by atomic mass is 32.2. The molecule has 0 radical (unpaired) electrons. The Morgan fingerprint density at radius 2 is 2.00 bits per heavy atom. The Morgan fingerprint density at radius 3 is 2.38 bits per heavy atom. The average molecular weight is 206 g/mol. The summed E-state index contributed by atoms with van der Waals surface area (Å²) in [6.07, 6.45) is 2.75. The maximum Gasteiger partial charge on any atom is 0.211 e. The predicted molar refractivity (Wildman–Crippen MR) is 52.8 cm³/mol. The number of hydrogen-bond donors (Lipinski definition) is 1. The van der Waals surface area contributed by atoms with E-state index in [2.05, 4.69) is 0 Å². The van der Waals surface area contributed by atoms with Crippen LogP contribution in [0.1, 0.15) is 26.7 Å². The van der Waals surface area contributed by atoms with E-state index in [-0.39, 0.29) is 11.6 Å². The normalized spacial score (nSPS) is 30.3. The first-order valence-electron chi connectivity index (χ1n) is 4.47. The number of sulfonamides is 1. The van der Waals surface area contributed by atoms with Crippen LogP contribution in [0, 0.1) is 0 Å². The van der Waals surface area contributed by atoms with E-state index in [0.29, 0.717) is 6.54 Å². The molecule has 0 amide bonds. The van der Waals surface area contributed by atoms with Gasteiger partial charge in [0.1, 0.15) is 0 Å². The molecule has 1 aliphatic heterocycles. The van der Waals surface area contributed by atoms with Gasteiger partial charge in [-0.05, 0) is 26.7 Å². The SMILES string of the molecule is CC1(C)CC(N)CCN1S(C)(=O)=O. The zero-order chi connectivity index (χ0) is 10.3. The zero-order valence-corrected chi connectivity index (χ0v) is 9.26. The maximum absolute atomic E-state index is 11.4. The van der Waals surface area contributed by atoms with Gasteiger partial charge < -0.3 is 5.73 Å². The van der Waals surface area contributed by atoms with Crippen LogP contribution in [-0.2, 0) is 10.0 Å². The minimum Gasteiger partial charge on any atom is -0.328 e. The summed E-state index contributed by atoms with van der Waals surface area (Å²) < 4.78 is 24.3. The first kappa shape index (κ1) is 10.9. The predicted octanol–water partition coefficient (Wildman–Crippen LogP) is 0.148. The minimum atomic E-state index is -3.08. The van der Waals surface area contributed by atoms with Gasteiger partial charge in [0.15, 0.2) is 0 Å². The minimum absolute atomic E-state index is 0.132. The van der Waals surface area contributed by atoms with Gasteiger partial charge in [0.2, 0.25) is 10.0 Å². The monoisotopic (exact) mass is 206 g/mol. The molecule has 0 aromatic heterocycles. The van der Waals surface area contributed by atoms with Crippen LogP contribution in [0.2, 0.25) is 0 Å². The molecule has 13 heavy (non-hydrogen) atoms. The molecule has 1 saturated heterocycles. The quantitative estimate of drug-likeness (QED) is 0.664. The molecular formula is C8H18N2O2S. The molecule has 0 aromatic rings. The smallest absolute Gasteiger partial charge is 0.211 e. The second-order valence-electron chi connectivity index (χ2n) is 4.40. The molecule has 2 N–H and O–H groups in total. The van der Waals surface area contributed by atoms with Gasteiger partial charge in [0.25, 0.3) is 0 Å². The van der Waals surface area contributed by atoms with Crippen molar-refractivity contribution in [3.05, 3.63) is 0 Å². The number of piperidine rings is 1. The van der Waals surface area contributed by atoms with Crippen LogP contribution in [0.25, 0.3) is 0 Å². The highest BCUT2D eigenvalue weighted by Gasteiger charge is 2.38. The van der Waals surface area contributed by atoms with Crippen molar-refractivity contribution in [1.29, 1.82) is 0 Å². The summed E-state index contributed by atoms with van der Waals surface area (Å²) >= 11 is 0. The molecule has 1 fully saturated rings. The Balaban J connectivity index is 2.89. The van der Waals surface area contributed by atoms with Crippen molar-refractivity contribution in [2.24, 2.45) is 5.73 Å². The van der Waals surface area contributed by atoms with Crippen molar-refractivity contribution in [3.63, 3.8) is 0 Å². The van der Waals surface area contributed by atoms with Gasteiger partial charge in [-0.25, -0.2) is 8.42 Å². The fourth-order valence-corrected chi connectivity index (χ4v) is 3.46. The van der Waals surface area contributed by atoms with Crippen molar-refractivity contribution < 1.29 is 8.42 Å². The molecule has 1 heterocycles. The molecule has 1 unspecified atom stereocenters. The third kappa shape index (κ3) is 2.42. The van der Waals surface area contributed by atoms with Crippen LogP contribution in [-0.4, -0.2) is 37.1 Å². The van der Waals surface area contributed by atoms with E-state index in [1.165, 1.54) is 6.26 Å². The van der Waals surface area contributed by atoms with Gasteiger partial charge in [-0.15, -0.1) is 0 Å². The Bertz CT molecular complexity index is 285. The van der Waals surface area contributed by atoms with Crippen molar-refractivity contribution in [1.82, 2.24) is 4.31 Å². The molecule has 0 bridgehead atoms. The number of nitrogens with two attached hydrogens (primary N) is 1. The lowest BCUT2D eigenvalue weighted by molar-refractivity contribution is 0.155. The van der Waals surface area contributed by atoms with Crippen LogP contribution >= 0.6 is 0 Å². The maximum atomic E-state index is 11.4. The second kappa shape index (κ2) is 3.22. The van der Waals surface area contributed by atoms with Crippen LogP contribution in [0.4, 0.5) is 0 Å². The molecule has 0 saturated carbocycles. The largest absolute Gasteiger partial charge is 0.328 e. The number of rotatable bonds is 1. The molecular weight excluding hydrogens is 188 g/mol. The van der Waals surface area contributed by atoms with E-state index in [1.807, 2.05) is 13.8 Å². The van der Waals surface area contributed by atoms with Crippen molar-refractivity contribution >= 4 is 10.0 Å². The fourth-order valence-electron chi connectivity index (χ4n) is 2.05. The van der Waals surface area contributed by atoms with E-state index in [0.717, 1.165) is 12.8 Å². The summed E-state index contributed by atoms with van der Waals surface area (Å²) in [4.78, 5) is 0. The molecule has 1 atom stereocenters. The third-order valence-electron chi connectivity index (χ3n) is 2.54. The van der Waals surface area contributed by atoms with Gasteiger partial charge in [0.05, 0.1) is 6.26 Å². The van der Waals surface area contributed by atoms with Crippen molar-refractivity contribution in [2.75, 3.05) is 12.8 Å². The standard InChI is InChI=1S/C8H18N2O2S/c1-8(2)6-7(9)4-5-10(8)13(3,11)12/h7H,4-6,9H2,1-3H3. The molecule has 0 spiro atoms. The molecule has 1 aliphatic rings. The number of hydrogen-bond acceptors (Lipinski definition) is 3. The Labute approximate surface area is 80.1 Å². The van der Waals surface area contributed by atoms with Crippen LogP contribution in [0.3, 0.4) is 0 Å². The Kier molecular flexibility index (Phi) is 2.71. The summed E-state index contributed by atoms with van der Waals surface area (Å²) in [6.45, 7) is 4.40. The highest BCUT2D eigenvalue weighted by molar-refractivity contribution is 7.88. The molecule has 0 aromatic carbocycles. The summed E-state index contributed by atoms with van der Waals surface area (Å²) in [7, 11) is -3.08. The van der Waals surface area contributed by atoms with Crippen molar-refractivity contribution in [2.45, 2.75) is 38.3 Å². The van der Waals surface area contributed by atoms with Gasteiger partial charge in [-0.2, -0.15) is 4.31 Å². The molecule has 78 valence electrons. The van der Waals surface area contributed by atoms with Gasteiger partial charge in [0, 0.05) is 18.1 Å². The Morgan fingerprint density at radius 1 is 1.46 bits per heavy atom. The molecule has 4 nitrogen and oxygen atoms in total. The van der Waals surface area contributed by atoms with Crippen molar-refractivity contribution in [3.8, 4) is 0 Å². The lowest BCUT2D eigenvalue weighted by atomic mass is 9.90. The first-order valence-corrected chi connectivity index (χ1v) is 6.32. The lowest BCUT2D eigenvalue weighted by Crippen LogP contribution is -2.55. The van der Waals surface area contributed by atoms with Crippen LogP contribution in [0.15, 0.2) is 0 Å². The van der Waals surface area contributed by atoms with Gasteiger partial charge >= 0.3 is 0 Å². The highest BCUT2D eigenvalue weighted by Crippen LogP contribution is 2.28. The summed E-state index contributed by atoms with van der Waals surface area (Å²) in [6, 6.07) is 0.132. The zero-order valence-electron chi connectivity index (χ0n) is 8.45. The van der Waals surface area contributed by atoms with E-state index in [4.69, 9.17) is 5.73 Å². The first-order chi connectivity index (χ1) is 5.73. The Hall–Kier alpha value is -0.130. The summed E-state index contributed by atoms with van der Waals surface area (Å²) in [5, 5.41) is 0. The van der Waals surface area contributed by atoms with E-state index in [9.17, 15) is 8.42 Å². The van der Waals surface area contributed by atoms with Gasteiger partial charge in [-0.1, -0.05) is 0 Å². The lowest BCUT2D eigenvalue weighted by Gasteiger charge is -2.42. The molecule has 5 heteroatoms. The average Bonchev–Trinajstić information content (AvgIpc) is 1.79. The molecule has 1 rings (SSSR count). The van der Waals surface area contributed by atoms with Gasteiger partial charge in [-0.3, -0.25) is 0 Å². The number of nitrogens with zero attached hydrogens (tertiary/aromatic N) is 1. The molecule has 0 aliphatic carbocycles. The van der Waals surface area contributed by atoms with E-state index < -0.39 is 10.0 Å². The second-order valence-corrected chi connectivity index (χ2v) is 6.31.